The van der Waals surface area contributed by atoms with Crippen LogP contribution in [0.3, 0.4) is 0 Å². The molecule has 8 heteroatoms. The number of nitrogens with zero attached hydrogens (tertiary/aromatic N) is 1. The van der Waals surface area contributed by atoms with E-state index in [1.807, 2.05) is 0 Å². The monoisotopic (exact) mass is 714 g/mol. The van der Waals surface area contributed by atoms with Gasteiger partial charge in [0.05, 0.1) is 12.3 Å². The van der Waals surface area contributed by atoms with Crippen LogP contribution in [0.2, 0.25) is 0 Å². The highest BCUT2D eigenvalue weighted by molar-refractivity contribution is 5.70. The van der Waals surface area contributed by atoms with Gasteiger partial charge in [0, 0.05) is 25.6 Å². The van der Waals surface area contributed by atoms with E-state index in [1.54, 1.807) is 0 Å². The average molecular weight is 714 g/mol. The second-order valence-electron chi connectivity index (χ2n) is 16.8. The number of allylic oxidation sites excluding steroid dienone is 4. The van der Waals surface area contributed by atoms with Crippen LogP contribution in [0.15, 0.2) is 24.3 Å². The fraction of sp³-hybridized carbons (Fsp3) is 0.837. The topological polar surface area (TPSA) is 91.4 Å². The van der Waals surface area contributed by atoms with Crippen LogP contribution in [0.5, 0.6) is 0 Å². The Balaban J connectivity index is 1.12. The lowest BCUT2D eigenvalue weighted by Crippen LogP contribution is -2.47. The molecule has 51 heavy (non-hydrogen) atoms. The van der Waals surface area contributed by atoms with Gasteiger partial charge in [0.2, 0.25) is 0 Å². The molecule has 4 aliphatic carbocycles. The quantitative estimate of drug-likeness (QED) is 0.0423. The van der Waals surface area contributed by atoms with E-state index in [-0.39, 0.29) is 43.3 Å². The maximum Gasteiger partial charge on any atom is 0.508 e. The Morgan fingerprint density at radius 1 is 0.706 bits per heavy atom. The predicted molar refractivity (Wildman–Crippen MR) is 202 cm³/mol. The number of piperidine rings is 1. The van der Waals surface area contributed by atoms with Gasteiger partial charge in [0.25, 0.3) is 0 Å². The van der Waals surface area contributed by atoms with E-state index < -0.39 is 12.1 Å². The summed E-state index contributed by atoms with van der Waals surface area (Å²) in [5.74, 6) is 1.44. The molecule has 5 rings (SSSR count). The third kappa shape index (κ3) is 15.7. The van der Waals surface area contributed by atoms with Gasteiger partial charge in [-0.3, -0.25) is 9.59 Å². The highest BCUT2D eigenvalue weighted by atomic mass is 16.7. The summed E-state index contributed by atoms with van der Waals surface area (Å²) in [6.45, 7) is 8.45. The van der Waals surface area contributed by atoms with E-state index in [2.05, 4.69) is 50.0 Å². The summed E-state index contributed by atoms with van der Waals surface area (Å²) >= 11 is 0. The van der Waals surface area contributed by atoms with Crippen molar-refractivity contribution in [3.8, 4) is 0 Å². The van der Waals surface area contributed by atoms with Gasteiger partial charge in [0.15, 0.2) is 0 Å². The second-order valence-corrected chi connectivity index (χ2v) is 16.8. The molecule has 0 spiro atoms. The number of carbonyl (C=O) groups is 3. The van der Waals surface area contributed by atoms with Crippen molar-refractivity contribution in [3.63, 3.8) is 0 Å². The van der Waals surface area contributed by atoms with Gasteiger partial charge >= 0.3 is 18.1 Å². The average Bonchev–Trinajstić information content (AvgIpc) is 3.09. The minimum Gasteiger partial charge on any atom is -0.465 e. The number of rotatable bonds is 24. The van der Waals surface area contributed by atoms with Gasteiger partial charge in [0.1, 0.15) is 25.9 Å². The molecule has 0 N–H and O–H groups in total. The zero-order chi connectivity index (χ0) is 36.3. The molecule has 1 aliphatic heterocycles. The maximum absolute atomic E-state index is 13.1. The second kappa shape index (κ2) is 22.7. The van der Waals surface area contributed by atoms with Crippen molar-refractivity contribution in [1.82, 2.24) is 4.90 Å². The van der Waals surface area contributed by atoms with Crippen molar-refractivity contribution in [2.45, 2.75) is 168 Å². The lowest BCUT2D eigenvalue weighted by atomic mass is 9.49. The molecule has 8 nitrogen and oxygen atoms in total. The van der Waals surface area contributed by atoms with Crippen LogP contribution in [0.25, 0.3) is 0 Å². The summed E-state index contributed by atoms with van der Waals surface area (Å²) in [5.41, 5.74) is 0.0980. The first-order valence-corrected chi connectivity index (χ1v) is 20.9. The van der Waals surface area contributed by atoms with Gasteiger partial charge in [-0.15, -0.1) is 0 Å². The van der Waals surface area contributed by atoms with Crippen LogP contribution < -0.4 is 0 Å². The molecule has 1 unspecified atom stereocenters. The normalized spacial score (nSPS) is 25.5. The van der Waals surface area contributed by atoms with Crippen LogP contribution in [0, 0.1) is 29.1 Å². The lowest BCUT2D eigenvalue weighted by Gasteiger charge is -2.56. The molecular formula is C43H71NO7. The van der Waals surface area contributed by atoms with Crippen LogP contribution >= 0.6 is 0 Å². The summed E-state index contributed by atoms with van der Waals surface area (Å²) in [6.07, 6.45) is 30.5. The van der Waals surface area contributed by atoms with Crippen molar-refractivity contribution >= 4 is 18.1 Å². The molecule has 1 atom stereocenters. The van der Waals surface area contributed by atoms with Gasteiger partial charge in [-0.05, 0) is 127 Å². The molecule has 0 radical (unpaired) electrons. The molecule has 5 fully saturated rings. The Hall–Kier alpha value is -2.35. The van der Waals surface area contributed by atoms with Gasteiger partial charge in [-0.2, -0.15) is 0 Å². The third-order valence-corrected chi connectivity index (χ3v) is 11.9. The molecule has 0 aromatic rings. The molecule has 0 aromatic heterocycles. The molecule has 0 amide bonds. The third-order valence-electron chi connectivity index (χ3n) is 11.9. The lowest BCUT2D eigenvalue weighted by molar-refractivity contribution is -0.155. The molecular weight excluding hydrogens is 642 g/mol. The van der Waals surface area contributed by atoms with Crippen LogP contribution in [0.1, 0.15) is 156 Å². The Labute approximate surface area is 309 Å². The number of unbranched alkanes of at least 4 members (excludes halogenated alkanes) is 8. The summed E-state index contributed by atoms with van der Waals surface area (Å²) in [4.78, 5) is 40.8. The number of hydrogen-bond acceptors (Lipinski definition) is 8. The number of esters is 2. The van der Waals surface area contributed by atoms with Crippen molar-refractivity contribution in [1.29, 1.82) is 0 Å². The molecule has 1 saturated heterocycles. The van der Waals surface area contributed by atoms with E-state index >= 15 is 0 Å². The van der Waals surface area contributed by atoms with Gasteiger partial charge in [-0.1, -0.05) is 63.3 Å². The SMILES string of the molecule is CCCCC/C=C\C/C=C\CCCCCCCC(=O)OCC(COC(=O)CC12CC3CC(CC(C3)C1)C2)COC(=O)OC1CCN(C(C)C)CC1. The Bertz CT molecular complexity index is 1060. The van der Waals surface area contributed by atoms with Gasteiger partial charge < -0.3 is 23.8 Å². The largest absolute Gasteiger partial charge is 0.508 e. The Morgan fingerprint density at radius 3 is 1.86 bits per heavy atom. The highest BCUT2D eigenvalue weighted by Gasteiger charge is 2.51. The molecule has 290 valence electrons. The molecule has 4 saturated carbocycles. The highest BCUT2D eigenvalue weighted by Crippen LogP contribution is 2.61. The summed E-state index contributed by atoms with van der Waals surface area (Å²) in [5, 5.41) is 0. The molecule has 5 aliphatic rings. The van der Waals surface area contributed by atoms with E-state index in [0.717, 1.165) is 101 Å². The van der Waals surface area contributed by atoms with E-state index in [4.69, 9.17) is 18.9 Å². The number of likely N-dealkylation sites (tertiary alicyclic amines) is 1. The minimum absolute atomic E-state index is 0.0225. The maximum atomic E-state index is 13.1. The first-order chi connectivity index (χ1) is 24.7. The van der Waals surface area contributed by atoms with Crippen LogP contribution in [-0.4, -0.2) is 68.0 Å². The minimum atomic E-state index is -0.709. The first kappa shape index (κ1) is 41.4. The number of carbonyl (C=O) groups excluding carboxylic acids is 3. The summed E-state index contributed by atoms with van der Waals surface area (Å²) < 4.78 is 22.5. The van der Waals surface area contributed by atoms with Crippen molar-refractivity contribution in [2.75, 3.05) is 32.9 Å². The van der Waals surface area contributed by atoms with Crippen molar-refractivity contribution < 1.29 is 33.3 Å². The summed E-state index contributed by atoms with van der Waals surface area (Å²) in [6, 6.07) is 0.474. The zero-order valence-electron chi connectivity index (χ0n) is 32.5. The van der Waals surface area contributed by atoms with E-state index in [1.165, 1.54) is 51.4 Å². The summed E-state index contributed by atoms with van der Waals surface area (Å²) in [7, 11) is 0. The van der Waals surface area contributed by atoms with Crippen molar-refractivity contribution in [2.24, 2.45) is 29.1 Å². The predicted octanol–water partition coefficient (Wildman–Crippen LogP) is 10.1. The fourth-order valence-electron chi connectivity index (χ4n) is 9.45. The molecule has 1 heterocycles. The van der Waals surface area contributed by atoms with Crippen LogP contribution in [0.4, 0.5) is 4.79 Å². The Kier molecular flexibility index (Phi) is 18.4. The smallest absolute Gasteiger partial charge is 0.465 e. The number of ether oxygens (including phenoxy) is 4. The van der Waals surface area contributed by atoms with E-state index in [9.17, 15) is 14.4 Å². The first-order valence-electron chi connectivity index (χ1n) is 20.9. The van der Waals surface area contributed by atoms with Crippen LogP contribution in [-0.2, 0) is 28.5 Å². The Morgan fingerprint density at radius 2 is 1.25 bits per heavy atom. The zero-order valence-corrected chi connectivity index (χ0v) is 32.5. The molecule has 4 bridgehead atoms. The standard InChI is InChI=1S/C43H71NO7/c1-4-5-6-7-8-9-10-11-12-13-14-15-16-17-18-19-40(45)48-31-38(33-50-42(47)51-39-20-22-44(23-21-39)34(2)3)32-49-41(46)30-43-27-35-24-36(28-43)26-37(25-35)29-43/h8-9,11-12,34-39H,4-7,10,13-33H2,1-3H3/b9-8-,12-11-. The van der Waals surface area contributed by atoms with E-state index in [0.29, 0.717) is 18.9 Å². The van der Waals surface area contributed by atoms with Crippen molar-refractivity contribution in [3.05, 3.63) is 24.3 Å². The molecule has 0 aromatic carbocycles. The van der Waals surface area contributed by atoms with Gasteiger partial charge in [-0.25, -0.2) is 4.79 Å². The number of hydrogen-bond donors (Lipinski definition) is 0. The fourth-order valence-corrected chi connectivity index (χ4v) is 9.45.